The van der Waals surface area contributed by atoms with Gasteiger partial charge in [-0.05, 0) is 29.8 Å². The fourth-order valence-electron chi connectivity index (χ4n) is 3.01. The molecule has 0 heterocycles. The predicted octanol–water partition coefficient (Wildman–Crippen LogP) is 4.42. The quantitative estimate of drug-likeness (QED) is 0.281. The van der Waals surface area contributed by atoms with Gasteiger partial charge in [0.2, 0.25) is 0 Å². The van der Waals surface area contributed by atoms with E-state index in [9.17, 15) is 9.59 Å². The van der Waals surface area contributed by atoms with Gasteiger partial charge in [-0.15, -0.1) is 0 Å². The summed E-state index contributed by atoms with van der Waals surface area (Å²) in [6, 6.07) is 18.9. The molecule has 0 saturated carbocycles. The number of carbonyl (C=O) groups is 2. The van der Waals surface area contributed by atoms with E-state index in [-0.39, 0.29) is 23.6 Å². The lowest BCUT2D eigenvalue weighted by Crippen LogP contribution is -2.25. The molecule has 0 aromatic heterocycles. The van der Waals surface area contributed by atoms with E-state index in [2.05, 4.69) is 11.9 Å². The van der Waals surface area contributed by atoms with E-state index in [1.54, 1.807) is 42.5 Å². The second-order valence-electron chi connectivity index (χ2n) is 6.88. The minimum absolute atomic E-state index is 0.0331. The van der Waals surface area contributed by atoms with E-state index in [1.165, 1.54) is 20.3 Å². The molecule has 33 heavy (non-hydrogen) atoms. The maximum atomic E-state index is 13.1. The van der Waals surface area contributed by atoms with Crippen LogP contribution >= 0.6 is 0 Å². The van der Waals surface area contributed by atoms with Gasteiger partial charge < -0.3 is 24.3 Å². The summed E-state index contributed by atoms with van der Waals surface area (Å²) in [5.74, 6) is 0.278. The van der Waals surface area contributed by atoms with Crippen molar-refractivity contribution in [2.75, 3.05) is 20.8 Å². The summed E-state index contributed by atoms with van der Waals surface area (Å²) in [7, 11) is 2.90. The van der Waals surface area contributed by atoms with Gasteiger partial charge in [-0.2, -0.15) is 0 Å². The van der Waals surface area contributed by atoms with Gasteiger partial charge in [0.25, 0.3) is 5.91 Å². The molecule has 0 bridgehead atoms. The molecule has 3 aromatic rings. The number of nitrogens with one attached hydrogen (secondary N) is 1. The second-order valence-corrected chi connectivity index (χ2v) is 6.88. The summed E-state index contributed by atoms with van der Waals surface area (Å²) in [6.45, 7) is 4.28. The Bertz CT molecular complexity index is 1110. The van der Waals surface area contributed by atoms with Crippen molar-refractivity contribution in [1.82, 2.24) is 5.32 Å². The molecule has 3 rings (SSSR count). The maximum Gasteiger partial charge on any atom is 0.343 e. The lowest BCUT2D eigenvalue weighted by Gasteiger charge is -2.16. The number of ether oxygens (including phenoxy) is 4. The molecular weight excluding hydrogens is 422 g/mol. The molecule has 3 aromatic carbocycles. The highest BCUT2D eigenvalue weighted by molar-refractivity contribution is 6.01. The van der Waals surface area contributed by atoms with E-state index in [1.807, 2.05) is 24.3 Å². The molecule has 0 radical (unpaired) electrons. The van der Waals surface area contributed by atoms with Crippen LogP contribution in [0.1, 0.15) is 26.3 Å². The Morgan fingerprint density at radius 1 is 0.909 bits per heavy atom. The van der Waals surface area contributed by atoms with Crippen molar-refractivity contribution in [1.29, 1.82) is 0 Å². The van der Waals surface area contributed by atoms with Crippen molar-refractivity contribution in [3.05, 3.63) is 96.1 Å². The van der Waals surface area contributed by atoms with Crippen LogP contribution < -0.4 is 24.3 Å². The van der Waals surface area contributed by atoms with Gasteiger partial charge in [-0.1, -0.05) is 43.0 Å². The number of benzene rings is 3. The lowest BCUT2D eigenvalue weighted by molar-refractivity contribution is 0.0731. The number of hydrogen-bond acceptors (Lipinski definition) is 6. The Balaban J connectivity index is 1.81. The monoisotopic (exact) mass is 447 g/mol. The second kappa shape index (κ2) is 11.4. The SMILES string of the molecule is C=CCOc1ccc(CNC(=O)c2c(OC)cc(OC)cc2OC(=O)c2ccccc2)cc1. The molecule has 7 nitrogen and oxygen atoms in total. The number of amides is 1. The number of rotatable bonds is 10. The first-order valence-electron chi connectivity index (χ1n) is 10.2. The largest absolute Gasteiger partial charge is 0.496 e. The number of esters is 1. The third-order valence-corrected chi connectivity index (χ3v) is 4.68. The molecule has 0 unspecified atom stereocenters. The highest BCUT2D eigenvalue weighted by Crippen LogP contribution is 2.34. The molecule has 1 amide bonds. The van der Waals surface area contributed by atoms with Gasteiger partial charge in [0.05, 0.1) is 19.8 Å². The normalized spacial score (nSPS) is 10.1. The standard InChI is InChI=1S/C26H25NO6/c1-4-14-32-20-12-10-18(11-13-20)17-27-25(28)24-22(31-3)15-21(30-2)16-23(24)33-26(29)19-8-6-5-7-9-19/h4-13,15-16H,1,14,17H2,2-3H3,(H,27,28). The van der Waals surface area contributed by atoms with E-state index < -0.39 is 11.9 Å². The highest BCUT2D eigenvalue weighted by Gasteiger charge is 2.23. The highest BCUT2D eigenvalue weighted by atomic mass is 16.5. The van der Waals surface area contributed by atoms with Gasteiger partial charge in [-0.25, -0.2) is 4.79 Å². The van der Waals surface area contributed by atoms with Crippen LogP contribution in [0.3, 0.4) is 0 Å². The van der Waals surface area contributed by atoms with E-state index in [0.717, 1.165) is 5.56 Å². The van der Waals surface area contributed by atoms with Crippen molar-refractivity contribution in [2.24, 2.45) is 0 Å². The summed E-state index contributed by atoms with van der Waals surface area (Å²) in [4.78, 5) is 25.7. The van der Waals surface area contributed by atoms with Crippen LogP contribution in [0.2, 0.25) is 0 Å². The molecule has 7 heteroatoms. The number of methoxy groups -OCH3 is 2. The Hall–Kier alpha value is -4.26. The molecular formula is C26H25NO6. The van der Waals surface area contributed by atoms with Crippen molar-refractivity contribution in [3.8, 4) is 23.0 Å². The fourth-order valence-corrected chi connectivity index (χ4v) is 3.01. The first-order chi connectivity index (χ1) is 16.0. The first-order valence-corrected chi connectivity index (χ1v) is 10.2. The Morgan fingerprint density at radius 3 is 2.24 bits per heavy atom. The van der Waals surface area contributed by atoms with Crippen LogP contribution in [0.4, 0.5) is 0 Å². The first kappa shape index (κ1) is 23.4. The summed E-state index contributed by atoms with van der Waals surface area (Å²) < 4.78 is 21.7. The van der Waals surface area contributed by atoms with Crippen molar-refractivity contribution >= 4 is 11.9 Å². The van der Waals surface area contributed by atoms with Gasteiger partial charge in [0.15, 0.2) is 5.75 Å². The van der Waals surface area contributed by atoms with Crippen LogP contribution in [0.25, 0.3) is 0 Å². The van der Waals surface area contributed by atoms with Crippen LogP contribution in [0.5, 0.6) is 23.0 Å². The van der Waals surface area contributed by atoms with Gasteiger partial charge in [0.1, 0.15) is 29.4 Å². The molecule has 0 fully saturated rings. The lowest BCUT2D eigenvalue weighted by atomic mass is 10.1. The smallest absolute Gasteiger partial charge is 0.343 e. The molecule has 0 spiro atoms. The molecule has 0 aliphatic carbocycles. The Labute approximate surface area is 192 Å². The molecule has 0 aliphatic rings. The number of carbonyl (C=O) groups excluding carboxylic acids is 2. The third kappa shape index (κ3) is 6.13. The average Bonchev–Trinajstić information content (AvgIpc) is 2.86. The Morgan fingerprint density at radius 2 is 1.61 bits per heavy atom. The molecule has 0 aliphatic heterocycles. The molecule has 0 atom stereocenters. The topological polar surface area (TPSA) is 83.1 Å². The summed E-state index contributed by atoms with van der Waals surface area (Å²) in [5.41, 5.74) is 1.31. The van der Waals surface area contributed by atoms with Crippen LogP contribution in [0, 0.1) is 0 Å². The molecule has 1 N–H and O–H groups in total. The van der Waals surface area contributed by atoms with Crippen molar-refractivity contribution in [2.45, 2.75) is 6.54 Å². The zero-order valence-electron chi connectivity index (χ0n) is 18.5. The minimum Gasteiger partial charge on any atom is -0.496 e. The molecule has 0 saturated heterocycles. The maximum absolute atomic E-state index is 13.1. The van der Waals surface area contributed by atoms with Crippen LogP contribution in [0.15, 0.2) is 79.4 Å². The van der Waals surface area contributed by atoms with Crippen molar-refractivity contribution in [3.63, 3.8) is 0 Å². The third-order valence-electron chi connectivity index (χ3n) is 4.68. The summed E-state index contributed by atoms with van der Waals surface area (Å²) in [5, 5.41) is 2.84. The zero-order valence-corrected chi connectivity index (χ0v) is 18.5. The van der Waals surface area contributed by atoms with Crippen molar-refractivity contribution < 1.29 is 28.5 Å². The Kier molecular flexibility index (Phi) is 8.07. The van der Waals surface area contributed by atoms with Gasteiger partial charge >= 0.3 is 5.97 Å². The zero-order chi connectivity index (χ0) is 23.6. The van der Waals surface area contributed by atoms with E-state index >= 15 is 0 Å². The molecule has 170 valence electrons. The van der Waals surface area contributed by atoms with E-state index in [4.69, 9.17) is 18.9 Å². The van der Waals surface area contributed by atoms with Crippen LogP contribution in [-0.4, -0.2) is 32.7 Å². The fraction of sp³-hybridized carbons (Fsp3) is 0.154. The predicted molar refractivity (Wildman–Crippen MR) is 124 cm³/mol. The van der Waals surface area contributed by atoms with Gasteiger partial charge in [-0.3, -0.25) is 4.79 Å². The average molecular weight is 447 g/mol. The van der Waals surface area contributed by atoms with E-state index in [0.29, 0.717) is 23.7 Å². The van der Waals surface area contributed by atoms with Crippen LogP contribution in [-0.2, 0) is 6.54 Å². The minimum atomic E-state index is -0.602. The summed E-state index contributed by atoms with van der Waals surface area (Å²) in [6.07, 6.45) is 1.67. The van der Waals surface area contributed by atoms with Gasteiger partial charge in [0, 0.05) is 18.7 Å². The summed E-state index contributed by atoms with van der Waals surface area (Å²) >= 11 is 0. The number of hydrogen-bond donors (Lipinski definition) is 1.